The van der Waals surface area contributed by atoms with Gasteiger partial charge in [0.2, 0.25) is 5.43 Å². The van der Waals surface area contributed by atoms with Gasteiger partial charge < -0.3 is 20.4 Å². The molecule has 8 nitrogen and oxygen atoms in total. The summed E-state index contributed by atoms with van der Waals surface area (Å²) < 4.78 is 59.4. The first-order valence-electron chi connectivity index (χ1n) is 11.7. The minimum atomic E-state index is -1.39. The molecule has 1 amide bonds. The topological polar surface area (TPSA) is 108 Å². The quantitative estimate of drug-likeness (QED) is 0.303. The highest BCUT2D eigenvalue weighted by Crippen LogP contribution is 2.29. The number of rotatable bonds is 5. The van der Waals surface area contributed by atoms with Crippen molar-refractivity contribution in [2.75, 3.05) is 18.0 Å². The van der Waals surface area contributed by atoms with Gasteiger partial charge in [0.15, 0.2) is 28.9 Å². The Balaban J connectivity index is 1.68. The number of aliphatic hydroxyl groups is 2. The smallest absolute Gasteiger partial charge is 0.257 e. The normalized spacial score (nSPS) is 17.1. The standard InChI is InChI=1S/C26H18Cl2F4N4O4/c27-15-2-1-3-16(28)13(15)7-33-26(40)14-8-36(22-17(30)4-11(29)5-18(22)31)24-12(23(14)39)6-19(32)25(34-24)35-9-20(37)21(38)10-35/h1-6,8,20-21,37-38H,7,9-10H2,(H,33,40)/t20-,21-/m1/s1. The van der Waals surface area contributed by atoms with Crippen LogP contribution in [0.15, 0.2) is 47.4 Å². The average molecular weight is 597 g/mol. The van der Waals surface area contributed by atoms with Crippen molar-refractivity contribution < 1.29 is 32.6 Å². The van der Waals surface area contributed by atoms with E-state index in [1.807, 2.05) is 0 Å². The predicted octanol–water partition coefficient (Wildman–Crippen LogP) is 3.72. The van der Waals surface area contributed by atoms with Crippen LogP contribution in [0.25, 0.3) is 16.7 Å². The summed E-state index contributed by atoms with van der Waals surface area (Å²) in [5.74, 6) is -6.50. The lowest BCUT2D eigenvalue weighted by atomic mass is 10.1. The Kier molecular flexibility index (Phi) is 7.44. The zero-order valence-corrected chi connectivity index (χ0v) is 21.6. The molecule has 1 aliphatic heterocycles. The Hall–Kier alpha value is -3.71. The van der Waals surface area contributed by atoms with E-state index >= 15 is 4.39 Å². The average Bonchev–Trinajstić information content (AvgIpc) is 3.21. The van der Waals surface area contributed by atoms with Crippen LogP contribution in [-0.4, -0.2) is 51.0 Å². The monoisotopic (exact) mass is 596 g/mol. The van der Waals surface area contributed by atoms with Crippen molar-refractivity contribution in [3.8, 4) is 5.69 Å². The molecule has 1 saturated heterocycles. The molecule has 2 aromatic carbocycles. The maximum atomic E-state index is 15.2. The van der Waals surface area contributed by atoms with Crippen molar-refractivity contribution in [3.05, 3.63) is 97.3 Å². The number of aromatic nitrogens is 2. The number of carbonyl (C=O) groups is 1. The molecule has 0 unspecified atom stereocenters. The van der Waals surface area contributed by atoms with Crippen molar-refractivity contribution in [1.82, 2.24) is 14.9 Å². The van der Waals surface area contributed by atoms with Gasteiger partial charge in [-0.15, -0.1) is 0 Å². The lowest BCUT2D eigenvalue weighted by Gasteiger charge is -2.20. The van der Waals surface area contributed by atoms with Gasteiger partial charge in [-0.2, -0.15) is 0 Å². The zero-order chi connectivity index (χ0) is 28.9. The van der Waals surface area contributed by atoms with Gasteiger partial charge in [-0.3, -0.25) is 14.2 Å². The summed E-state index contributed by atoms with van der Waals surface area (Å²) in [6, 6.07) is 6.15. The highest BCUT2D eigenvalue weighted by Gasteiger charge is 2.33. The van der Waals surface area contributed by atoms with Gasteiger partial charge in [0.25, 0.3) is 5.91 Å². The zero-order valence-electron chi connectivity index (χ0n) is 20.1. The van der Waals surface area contributed by atoms with Gasteiger partial charge in [-0.05, 0) is 18.2 Å². The number of hydrogen-bond donors (Lipinski definition) is 3. The molecule has 4 aromatic rings. The first-order valence-corrected chi connectivity index (χ1v) is 12.4. The van der Waals surface area contributed by atoms with Crippen LogP contribution in [0, 0.1) is 23.3 Å². The number of nitrogens with zero attached hydrogens (tertiary/aromatic N) is 3. The minimum Gasteiger partial charge on any atom is -0.389 e. The molecule has 0 bridgehead atoms. The number of hydrogen-bond acceptors (Lipinski definition) is 6. The molecule has 0 saturated carbocycles. The molecular weight excluding hydrogens is 579 g/mol. The summed E-state index contributed by atoms with van der Waals surface area (Å²) in [5.41, 5.74) is -2.67. The predicted molar refractivity (Wildman–Crippen MR) is 139 cm³/mol. The van der Waals surface area contributed by atoms with Crippen LogP contribution in [0.1, 0.15) is 15.9 Å². The number of carbonyl (C=O) groups excluding carboxylic acids is 1. The molecule has 0 aliphatic carbocycles. The van der Waals surface area contributed by atoms with E-state index in [0.29, 0.717) is 22.3 Å². The van der Waals surface area contributed by atoms with E-state index in [4.69, 9.17) is 23.2 Å². The molecule has 14 heteroatoms. The molecule has 40 heavy (non-hydrogen) atoms. The third kappa shape index (κ3) is 4.99. The van der Waals surface area contributed by atoms with Crippen LogP contribution in [0.5, 0.6) is 0 Å². The molecule has 208 valence electrons. The number of pyridine rings is 2. The third-order valence-electron chi connectivity index (χ3n) is 6.43. The van der Waals surface area contributed by atoms with E-state index in [9.17, 15) is 33.0 Å². The Morgan fingerprint density at radius 3 is 2.20 bits per heavy atom. The highest BCUT2D eigenvalue weighted by molar-refractivity contribution is 6.36. The maximum Gasteiger partial charge on any atom is 0.257 e. The van der Waals surface area contributed by atoms with Crippen LogP contribution in [0.3, 0.4) is 0 Å². The molecule has 0 spiro atoms. The van der Waals surface area contributed by atoms with Crippen molar-refractivity contribution >= 4 is 46.0 Å². The number of nitrogens with one attached hydrogen (secondary N) is 1. The Labute approximate surface area is 233 Å². The number of β-amino-alcohol motifs (C(OH)–C–C–N with tert-alkyl or cyclic N) is 2. The largest absolute Gasteiger partial charge is 0.389 e. The van der Waals surface area contributed by atoms with E-state index in [-0.39, 0.29) is 29.7 Å². The van der Waals surface area contributed by atoms with E-state index < -0.39 is 74.9 Å². The lowest BCUT2D eigenvalue weighted by Crippen LogP contribution is -2.30. The lowest BCUT2D eigenvalue weighted by molar-refractivity contribution is 0.0572. The second kappa shape index (κ2) is 10.7. The fraction of sp³-hybridized carbons (Fsp3) is 0.192. The van der Waals surface area contributed by atoms with Gasteiger partial charge in [0, 0.05) is 53.6 Å². The van der Waals surface area contributed by atoms with E-state index in [0.717, 1.165) is 12.3 Å². The molecule has 2 atom stereocenters. The molecule has 3 N–H and O–H groups in total. The van der Waals surface area contributed by atoms with Crippen LogP contribution in [0.2, 0.25) is 10.0 Å². The first-order chi connectivity index (χ1) is 19.0. The molecule has 0 radical (unpaired) electrons. The van der Waals surface area contributed by atoms with E-state index in [1.54, 1.807) is 6.07 Å². The number of aliphatic hydroxyl groups excluding tert-OH is 2. The van der Waals surface area contributed by atoms with Gasteiger partial charge in [-0.1, -0.05) is 29.3 Å². The van der Waals surface area contributed by atoms with Gasteiger partial charge in [-0.25, -0.2) is 22.5 Å². The van der Waals surface area contributed by atoms with Crippen molar-refractivity contribution in [2.24, 2.45) is 0 Å². The second-order valence-electron chi connectivity index (χ2n) is 9.05. The molecule has 1 aliphatic rings. The Morgan fingerprint density at radius 1 is 1.00 bits per heavy atom. The summed E-state index contributed by atoms with van der Waals surface area (Å²) in [7, 11) is 0. The number of fused-ring (bicyclic) bond motifs is 1. The fourth-order valence-corrected chi connectivity index (χ4v) is 4.97. The summed E-state index contributed by atoms with van der Waals surface area (Å²) >= 11 is 12.2. The Morgan fingerprint density at radius 2 is 1.60 bits per heavy atom. The van der Waals surface area contributed by atoms with E-state index in [1.165, 1.54) is 17.0 Å². The third-order valence-corrected chi connectivity index (χ3v) is 7.13. The van der Waals surface area contributed by atoms with Gasteiger partial charge in [0.05, 0.1) is 17.6 Å². The van der Waals surface area contributed by atoms with Gasteiger partial charge in [0.1, 0.15) is 17.1 Å². The summed E-state index contributed by atoms with van der Waals surface area (Å²) in [6.07, 6.45) is -1.64. The highest BCUT2D eigenvalue weighted by atomic mass is 35.5. The van der Waals surface area contributed by atoms with Crippen LogP contribution in [0.4, 0.5) is 23.4 Å². The number of amides is 1. The molecule has 5 rings (SSSR count). The van der Waals surface area contributed by atoms with Crippen molar-refractivity contribution in [3.63, 3.8) is 0 Å². The molecular formula is C26H18Cl2F4N4O4. The van der Waals surface area contributed by atoms with Crippen LogP contribution < -0.4 is 15.6 Å². The molecule has 1 fully saturated rings. The first kappa shape index (κ1) is 27.8. The van der Waals surface area contributed by atoms with E-state index in [2.05, 4.69) is 10.3 Å². The molecule has 2 aromatic heterocycles. The van der Waals surface area contributed by atoms with Gasteiger partial charge >= 0.3 is 0 Å². The minimum absolute atomic E-state index is 0.217. The summed E-state index contributed by atoms with van der Waals surface area (Å²) in [5, 5.41) is 22.2. The van der Waals surface area contributed by atoms with Crippen molar-refractivity contribution in [1.29, 1.82) is 0 Å². The van der Waals surface area contributed by atoms with Crippen LogP contribution in [-0.2, 0) is 6.54 Å². The van der Waals surface area contributed by atoms with Crippen molar-refractivity contribution in [2.45, 2.75) is 18.8 Å². The number of anilines is 1. The second-order valence-corrected chi connectivity index (χ2v) is 9.86. The summed E-state index contributed by atoms with van der Waals surface area (Å²) in [4.78, 5) is 31.7. The number of halogens is 6. The Bertz CT molecular complexity index is 1680. The fourth-order valence-electron chi connectivity index (χ4n) is 4.44. The SMILES string of the molecule is O=C(NCc1c(Cl)cccc1Cl)c1cn(-c2c(F)cc(F)cc2F)c2nc(N3C[C@@H](O)[C@H](O)C3)c(F)cc2c1=O. The van der Waals surface area contributed by atoms with Crippen LogP contribution >= 0.6 is 23.2 Å². The summed E-state index contributed by atoms with van der Waals surface area (Å²) in [6.45, 7) is -0.657. The molecule has 3 heterocycles. The number of benzene rings is 2. The maximum absolute atomic E-state index is 15.2.